The summed E-state index contributed by atoms with van der Waals surface area (Å²) >= 11 is 0. The number of hydrogen-bond acceptors (Lipinski definition) is 3. The largest absolute Gasteiger partial charge is 0.363 e. The zero-order chi connectivity index (χ0) is 9.14. The number of nitrogens with zero attached hydrogens (tertiary/aromatic N) is 2. The summed E-state index contributed by atoms with van der Waals surface area (Å²) in [4.78, 5) is 16.9. The summed E-state index contributed by atoms with van der Waals surface area (Å²) in [5.74, 6) is 0.878. The fourth-order valence-electron chi connectivity index (χ4n) is 0.882. The lowest BCUT2D eigenvalue weighted by Crippen LogP contribution is -2.11. The molecule has 0 aliphatic carbocycles. The van der Waals surface area contributed by atoms with Crippen molar-refractivity contribution in [2.75, 3.05) is 19.0 Å². The highest BCUT2D eigenvalue weighted by Gasteiger charge is 2.01. The van der Waals surface area contributed by atoms with Gasteiger partial charge >= 0.3 is 0 Å². The van der Waals surface area contributed by atoms with Gasteiger partial charge in [-0.1, -0.05) is 0 Å². The van der Waals surface area contributed by atoms with E-state index in [9.17, 15) is 4.79 Å². The summed E-state index contributed by atoms with van der Waals surface area (Å²) in [5.41, 5.74) is 0.703. The van der Waals surface area contributed by atoms with Gasteiger partial charge in [-0.3, -0.25) is 4.79 Å². The molecule has 1 aromatic rings. The van der Waals surface area contributed by atoms with Crippen molar-refractivity contribution >= 4 is 11.6 Å². The van der Waals surface area contributed by atoms with Gasteiger partial charge in [-0.15, -0.1) is 0 Å². The summed E-state index contributed by atoms with van der Waals surface area (Å²) in [7, 11) is 3.79. The van der Waals surface area contributed by atoms with Gasteiger partial charge in [0.1, 0.15) is 5.82 Å². The number of carbonyl (C=O) groups is 1. The van der Waals surface area contributed by atoms with E-state index >= 15 is 0 Å². The van der Waals surface area contributed by atoms with Crippen LogP contribution in [0.3, 0.4) is 0 Å². The molecule has 1 rings (SSSR count). The summed E-state index contributed by atoms with van der Waals surface area (Å²) in [5, 5.41) is 0. The number of hydrogen-bond donors (Lipinski definition) is 0. The second-order valence-electron chi connectivity index (χ2n) is 2.85. The number of aromatic nitrogens is 1. The Kier molecular flexibility index (Phi) is 2.43. The number of anilines is 1. The quantitative estimate of drug-likeness (QED) is 0.618. The minimum atomic E-state index is 0.0699. The van der Waals surface area contributed by atoms with Crippen molar-refractivity contribution in [1.82, 2.24) is 4.98 Å². The molecule has 0 aliphatic heterocycles. The standard InChI is InChI=1S/C9H12N2O/c1-7(12)8-4-5-10-9(6-8)11(2)3/h4-6H,1-3H3. The Bertz CT molecular complexity index is 294. The SMILES string of the molecule is CC(=O)c1ccnc(N(C)C)c1. The van der Waals surface area contributed by atoms with Crippen LogP contribution in [-0.2, 0) is 0 Å². The van der Waals surface area contributed by atoms with Crippen molar-refractivity contribution in [2.24, 2.45) is 0 Å². The maximum absolute atomic E-state index is 11.0. The molecular formula is C9H12N2O. The molecule has 0 radical (unpaired) electrons. The fraction of sp³-hybridized carbons (Fsp3) is 0.333. The Morgan fingerprint density at radius 2 is 2.17 bits per heavy atom. The predicted molar refractivity (Wildman–Crippen MR) is 48.6 cm³/mol. The Balaban J connectivity index is 3.04. The van der Waals surface area contributed by atoms with Gasteiger partial charge in [0.15, 0.2) is 5.78 Å². The Labute approximate surface area is 72.0 Å². The Hall–Kier alpha value is -1.38. The monoisotopic (exact) mass is 164 g/mol. The zero-order valence-electron chi connectivity index (χ0n) is 7.53. The molecule has 0 bridgehead atoms. The van der Waals surface area contributed by atoms with E-state index in [2.05, 4.69) is 4.98 Å². The van der Waals surface area contributed by atoms with Crippen LogP contribution in [0.5, 0.6) is 0 Å². The lowest BCUT2D eigenvalue weighted by Gasteiger charge is -2.10. The topological polar surface area (TPSA) is 33.2 Å². The van der Waals surface area contributed by atoms with Crippen LogP contribution < -0.4 is 4.90 Å². The molecule has 0 aromatic carbocycles. The first-order valence-electron chi connectivity index (χ1n) is 3.75. The molecule has 0 saturated heterocycles. The highest BCUT2D eigenvalue weighted by atomic mass is 16.1. The van der Waals surface area contributed by atoms with Crippen LogP contribution >= 0.6 is 0 Å². The van der Waals surface area contributed by atoms with E-state index in [1.54, 1.807) is 25.3 Å². The van der Waals surface area contributed by atoms with Crippen molar-refractivity contribution in [2.45, 2.75) is 6.92 Å². The van der Waals surface area contributed by atoms with Gasteiger partial charge in [0.05, 0.1) is 0 Å². The molecule has 0 N–H and O–H groups in total. The molecule has 0 unspecified atom stereocenters. The molecule has 0 spiro atoms. The van der Waals surface area contributed by atoms with Crippen molar-refractivity contribution in [3.05, 3.63) is 23.9 Å². The number of carbonyl (C=O) groups excluding carboxylic acids is 1. The number of Topliss-reactive ketones (excluding diaryl/α,β-unsaturated/α-hetero) is 1. The predicted octanol–water partition coefficient (Wildman–Crippen LogP) is 1.35. The number of rotatable bonds is 2. The molecule has 0 atom stereocenters. The van der Waals surface area contributed by atoms with Gasteiger partial charge in [-0.2, -0.15) is 0 Å². The molecule has 0 fully saturated rings. The highest BCUT2D eigenvalue weighted by molar-refractivity contribution is 5.94. The third-order valence-corrected chi connectivity index (χ3v) is 1.61. The van der Waals surface area contributed by atoms with Crippen LogP contribution in [0.15, 0.2) is 18.3 Å². The Morgan fingerprint density at radius 3 is 2.67 bits per heavy atom. The van der Waals surface area contributed by atoms with E-state index in [0.29, 0.717) is 5.56 Å². The van der Waals surface area contributed by atoms with Crippen molar-refractivity contribution in [1.29, 1.82) is 0 Å². The normalized spacial score (nSPS) is 9.58. The molecule has 12 heavy (non-hydrogen) atoms. The second-order valence-corrected chi connectivity index (χ2v) is 2.85. The molecular weight excluding hydrogens is 152 g/mol. The summed E-state index contributed by atoms with van der Waals surface area (Å²) < 4.78 is 0. The van der Waals surface area contributed by atoms with Crippen molar-refractivity contribution < 1.29 is 4.79 Å². The molecule has 0 saturated carbocycles. The van der Waals surface area contributed by atoms with Crippen molar-refractivity contribution in [3.63, 3.8) is 0 Å². The second kappa shape index (κ2) is 3.34. The fourth-order valence-corrected chi connectivity index (χ4v) is 0.882. The van der Waals surface area contributed by atoms with Crippen LogP contribution in [0.25, 0.3) is 0 Å². The van der Waals surface area contributed by atoms with Gasteiger partial charge < -0.3 is 4.90 Å². The van der Waals surface area contributed by atoms with Gasteiger partial charge in [0.25, 0.3) is 0 Å². The average molecular weight is 164 g/mol. The van der Waals surface area contributed by atoms with Crippen LogP contribution in [0.4, 0.5) is 5.82 Å². The molecule has 64 valence electrons. The average Bonchev–Trinajstić information content (AvgIpc) is 2.04. The molecule has 3 heteroatoms. The van der Waals surface area contributed by atoms with Gasteiger partial charge in [-0.25, -0.2) is 4.98 Å². The molecule has 3 nitrogen and oxygen atoms in total. The molecule has 0 amide bonds. The maximum atomic E-state index is 11.0. The van der Waals surface area contributed by atoms with E-state index in [4.69, 9.17) is 0 Å². The van der Waals surface area contributed by atoms with Crippen LogP contribution in [0, 0.1) is 0 Å². The van der Waals surface area contributed by atoms with Crippen LogP contribution in [0.1, 0.15) is 17.3 Å². The van der Waals surface area contributed by atoms with E-state index in [1.165, 1.54) is 0 Å². The third kappa shape index (κ3) is 1.81. The first-order chi connectivity index (χ1) is 5.61. The maximum Gasteiger partial charge on any atom is 0.159 e. The number of pyridine rings is 1. The van der Waals surface area contributed by atoms with E-state index in [-0.39, 0.29) is 5.78 Å². The molecule has 0 aliphatic rings. The van der Waals surface area contributed by atoms with Crippen molar-refractivity contribution in [3.8, 4) is 0 Å². The molecule has 1 heterocycles. The van der Waals surface area contributed by atoms with Crippen LogP contribution in [-0.4, -0.2) is 24.9 Å². The van der Waals surface area contributed by atoms with E-state index < -0.39 is 0 Å². The summed E-state index contributed by atoms with van der Waals surface area (Å²) in [6.07, 6.45) is 1.64. The first kappa shape index (κ1) is 8.71. The van der Waals surface area contributed by atoms with Crippen LogP contribution in [0.2, 0.25) is 0 Å². The van der Waals surface area contributed by atoms with E-state index in [0.717, 1.165) is 5.82 Å². The highest BCUT2D eigenvalue weighted by Crippen LogP contribution is 2.09. The first-order valence-corrected chi connectivity index (χ1v) is 3.75. The van der Waals surface area contributed by atoms with Gasteiger partial charge in [0, 0.05) is 25.9 Å². The lowest BCUT2D eigenvalue weighted by atomic mass is 10.2. The zero-order valence-corrected chi connectivity index (χ0v) is 7.53. The Morgan fingerprint density at radius 1 is 1.50 bits per heavy atom. The van der Waals surface area contributed by atoms with E-state index in [1.807, 2.05) is 19.0 Å². The summed E-state index contributed by atoms with van der Waals surface area (Å²) in [6, 6.07) is 3.50. The third-order valence-electron chi connectivity index (χ3n) is 1.61. The van der Waals surface area contributed by atoms with Gasteiger partial charge in [-0.05, 0) is 19.1 Å². The minimum Gasteiger partial charge on any atom is -0.363 e. The molecule has 1 aromatic heterocycles. The lowest BCUT2D eigenvalue weighted by molar-refractivity contribution is 0.101. The summed E-state index contributed by atoms with van der Waals surface area (Å²) in [6.45, 7) is 1.55. The minimum absolute atomic E-state index is 0.0699. The smallest absolute Gasteiger partial charge is 0.159 e. The van der Waals surface area contributed by atoms with Gasteiger partial charge in [0.2, 0.25) is 0 Å². The number of ketones is 1.